The molecule has 0 spiro atoms. The number of carbonyl (C=O) groups is 2. The summed E-state index contributed by atoms with van der Waals surface area (Å²) in [5.74, 6) is 0.00447. The Bertz CT molecular complexity index is 330. The van der Waals surface area contributed by atoms with E-state index in [4.69, 9.17) is 5.73 Å². The van der Waals surface area contributed by atoms with Crippen LogP contribution in [0.5, 0.6) is 0 Å². The predicted octanol–water partition coefficient (Wildman–Crippen LogP) is 0.422. The Labute approximate surface area is 115 Å². The van der Waals surface area contributed by atoms with E-state index in [1.807, 2.05) is 27.7 Å². The van der Waals surface area contributed by atoms with E-state index in [-0.39, 0.29) is 29.6 Å². The van der Waals surface area contributed by atoms with Gasteiger partial charge in [0.15, 0.2) is 0 Å². The van der Waals surface area contributed by atoms with Crippen LogP contribution < -0.4 is 16.4 Å². The van der Waals surface area contributed by atoms with Crippen molar-refractivity contribution in [3.8, 4) is 0 Å². The fraction of sp³-hybridized carbons (Fsp3) is 0.846. The Morgan fingerprint density at radius 3 is 2.21 bits per heavy atom. The standard InChI is InChI=1S/C13H26N4O2/c1-9(11(18)16-13(2,3)4)15-10-5-7-17(8-6-10)12(14)19/h9-10,15H,5-8H2,1-4H3,(H2,14,19)(H,16,18). The molecule has 0 bridgehead atoms. The summed E-state index contributed by atoms with van der Waals surface area (Å²) in [5, 5.41) is 6.26. The monoisotopic (exact) mass is 270 g/mol. The third-order valence-electron chi connectivity index (χ3n) is 3.18. The molecule has 0 aromatic carbocycles. The molecule has 1 unspecified atom stereocenters. The average molecular weight is 270 g/mol. The maximum Gasteiger partial charge on any atom is 0.314 e. The van der Waals surface area contributed by atoms with Gasteiger partial charge in [0.25, 0.3) is 0 Å². The SMILES string of the molecule is CC(NC1CCN(C(N)=O)CC1)C(=O)NC(C)(C)C. The van der Waals surface area contributed by atoms with Crippen molar-refractivity contribution in [3.05, 3.63) is 0 Å². The molecule has 1 fully saturated rings. The number of nitrogens with one attached hydrogen (secondary N) is 2. The summed E-state index contributed by atoms with van der Waals surface area (Å²) >= 11 is 0. The first-order valence-corrected chi connectivity index (χ1v) is 6.81. The van der Waals surface area contributed by atoms with E-state index in [1.165, 1.54) is 0 Å². The van der Waals surface area contributed by atoms with Gasteiger partial charge in [-0.2, -0.15) is 0 Å². The second-order valence-electron chi connectivity index (χ2n) is 6.23. The largest absolute Gasteiger partial charge is 0.351 e. The first-order chi connectivity index (χ1) is 8.69. The lowest BCUT2D eigenvalue weighted by Gasteiger charge is -2.33. The van der Waals surface area contributed by atoms with Gasteiger partial charge in [0.1, 0.15) is 0 Å². The fourth-order valence-corrected chi connectivity index (χ4v) is 2.17. The van der Waals surface area contributed by atoms with E-state index in [9.17, 15) is 9.59 Å². The molecule has 3 amide bonds. The van der Waals surface area contributed by atoms with E-state index in [1.54, 1.807) is 4.90 Å². The minimum absolute atomic E-state index is 0.00447. The maximum atomic E-state index is 11.9. The highest BCUT2D eigenvalue weighted by molar-refractivity contribution is 5.82. The van der Waals surface area contributed by atoms with Crippen LogP contribution in [0, 0.1) is 0 Å². The maximum absolute atomic E-state index is 11.9. The van der Waals surface area contributed by atoms with E-state index in [0.717, 1.165) is 12.8 Å². The highest BCUT2D eigenvalue weighted by Crippen LogP contribution is 2.11. The number of carbonyl (C=O) groups excluding carboxylic acids is 2. The molecule has 0 aliphatic carbocycles. The molecule has 1 atom stereocenters. The van der Waals surface area contributed by atoms with Crippen LogP contribution in [0.25, 0.3) is 0 Å². The van der Waals surface area contributed by atoms with Crippen LogP contribution in [0.4, 0.5) is 4.79 Å². The zero-order valence-electron chi connectivity index (χ0n) is 12.3. The number of hydrogen-bond donors (Lipinski definition) is 3. The Kier molecular flexibility index (Phi) is 5.17. The minimum atomic E-state index is -0.364. The smallest absolute Gasteiger partial charge is 0.314 e. The van der Waals surface area contributed by atoms with Crippen molar-refractivity contribution >= 4 is 11.9 Å². The molecule has 19 heavy (non-hydrogen) atoms. The molecular weight excluding hydrogens is 244 g/mol. The number of nitrogens with zero attached hydrogens (tertiary/aromatic N) is 1. The summed E-state index contributed by atoms with van der Waals surface area (Å²) in [7, 11) is 0. The van der Waals surface area contributed by atoms with Crippen LogP contribution in [-0.2, 0) is 4.79 Å². The molecule has 1 aliphatic rings. The van der Waals surface area contributed by atoms with Crippen molar-refractivity contribution in [2.24, 2.45) is 5.73 Å². The molecule has 0 radical (unpaired) electrons. The lowest BCUT2D eigenvalue weighted by molar-refractivity contribution is -0.124. The molecule has 110 valence electrons. The van der Waals surface area contributed by atoms with Gasteiger partial charge in [0, 0.05) is 24.7 Å². The Balaban J connectivity index is 2.36. The second kappa shape index (κ2) is 6.23. The summed E-state index contributed by atoms with van der Waals surface area (Å²) in [6, 6.07) is -0.336. The van der Waals surface area contributed by atoms with E-state index >= 15 is 0 Å². The predicted molar refractivity (Wildman–Crippen MR) is 74.7 cm³/mol. The van der Waals surface area contributed by atoms with E-state index < -0.39 is 0 Å². The Morgan fingerprint density at radius 2 is 1.79 bits per heavy atom. The Morgan fingerprint density at radius 1 is 1.26 bits per heavy atom. The number of piperidine rings is 1. The Hall–Kier alpha value is -1.30. The van der Waals surface area contributed by atoms with Crippen LogP contribution in [0.3, 0.4) is 0 Å². The van der Waals surface area contributed by atoms with Gasteiger partial charge in [-0.15, -0.1) is 0 Å². The second-order valence-corrected chi connectivity index (χ2v) is 6.23. The summed E-state index contributed by atoms with van der Waals surface area (Å²) in [5.41, 5.74) is 5.01. The third-order valence-corrected chi connectivity index (χ3v) is 3.18. The van der Waals surface area contributed by atoms with Crippen molar-refractivity contribution < 1.29 is 9.59 Å². The van der Waals surface area contributed by atoms with Crippen molar-refractivity contribution in [1.29, 1.82) is 0 Å². The molecule has 0 aromatic heterocycles. The van der Waals surface area contributed by atoms with Gasteiger partial charge in [-0.05, 0) is 40.5 Å². The molecule has 1 aliphatic heterocycles. The van der Waals surface area contributed by atoms with Gasteiger partial charge < -0.3 is 21.3 Å². The number of nitrogens with two attached hydrogens (primary N) is 1. The third kappa shape index (κ3) is 5.46. The lowest BCUT2D eigenvalue weighted by atomic mass is 10.0. The van der Waals surface area contributed by atoms with Gasteiger partial charge in [0.2, 0.25) is 5.91 Å². The van der Waals surface area contributed by atoms with Crippen molar-refractivity contribution in [2.45, 2.75) is 58.2 Å². The van der Waals surface area contributed by atoms with E-state index in [2.05, 4.69) is 10.6 Å². The zero-order valence-corrected chi connectivity index (χ0v) is 12.3. The first kappa shape index (κ1) is 15.8. The van der Waals surface area contributed by atoms with Gasteiger partial charge >= 0.3 is 6.03 Å². The molecule has 0 aromatic rings. The summed E-state index contributed by atoms with van der Waals surface area (Å²) in [6.45, 7) is 9.05. The van der Waals surface area contributed by atoms with Crippen LogP contribution >= 0.6 is 0 Å². The van der Waals surface area contributed by atoms with Gasteiger partial charge in [-0.3, -0.25) is 4.79 Å². The summed E-state index contributed by atoms with van der Waals surface area (Å²) < 4.78 is 0. The molecule has 4 N–H and O–H groups in total. The topological polar surface area (TPSA) is 87.5 Å². The van der Waals surface area contributed by atoms with Crippen LogP contribution in [0.1, 0.15) is 40.5 Å². The first-order valence-electron chi connectivity index (χ1n) is 6.81. The fourth-order valence-electron chi connectivity index (χ4n) is 2.17. The lowest BCUT2D eigenvalue weighted by Crippen LogP contribution is -2.54. The van der Waals surface area contributed by atoms with Crippen molar-refractivity contribution in [1.82, 2.24) is 15.5 Å². The highest BCUT2D eigenvalue weighted by atomic mass is 16.2. The molecule has 1 rings (SSSR count). The molecule has 6 heteroatoms. The molecule has 1 heterocycles. The summed E-state index contributed by atoms with van der Waals surface area (Å²) in [6.07, 6.45) is 1.66. The van der Waals surface area contributed by atoms with E-state index in [0.29, 0.717) is 13.1 Å². The number of hydrogen-bond acceptors (Lipinski definition) is 3. The van der Waals surface area contributed by atoms with Crippen LogP contribution in [0.2, 0.25) is 0 Å². The van der Waals surface area contributed by atoms with Gasteiger partial charge in [0.05, 0.1) is 6.04 Å². The normalized spacial score (nSPS) is 19.1. The van der Waals surface area contributed by atoms with Crippen molar-refractivity contribution in [3.63, 3.8) is 0 Å². The van der Waals surface area contributed by atoms with Crippen LogP contribution in [-0.4, -0.2) is 47.6 Å². The number of amides is 3. The number of rotatable bonds is 3. The number of primary amides is 1. The number of likely N-dealkylation sites (tertiary alicyclic amines) is 1. The van der Waals surface area contributed by atoms with Crippen molar-refractivity contribution in [2.75, 3.05) is 13.1 Å². The molecule has 0 saturated carbocycles. The highest BCUT2D eigenvalue weighted by Gasteiger charge is 2.25. The minimum Gasteiger partial charge on any atom is -0.351 e. The molecule has 6 nitrogen and oxygen atoms in total. The van der Waals surface area contributed by atoms with Gasteiger partial charge in [-0.25, -0.2) is 4.79 Å². The quantitative estimate of drug-likeness (QED) is 0.694. The zero-order chi connectivity index (χ0) is 14.6. The summed E-state index contributed by atoms with van der Waals surface area (Å²) in [4.78, 5) is 24.6. The average Bonchev–Trinajstić information content (AvgIpc) is 2.27. The van der Waals surface area contributed by atoms with Crippen LogP contribution in [0.15, 0.2) is 0 Å². The molecular formula is C13H26N4O2. The van der Waals surface area contributed by atoms with Gasteiger partial charge in [-0.1, -0.05) is 0 Å². The molecule has 1 saturated heterocycles. The number of urea groups is 1.